The van der Waals surface area contributed by atoms with Crippen LogP contribution in [0.3, 0.4) is 0 Å². The lowest BCUT2D eigenvalue weighted by Gasteiger charge is -2.39. The fourth-order valence-corrected chi connectivity index (χ4v) is 3.87. The number of benzene rings is 1. The summed E-state index contributed by atoms with van der Waals surface area (Å²) in [4.78, 5) is 1.14. The minimum absolute atomic E-state index is 0.200. The molecule has 0 N–H and O–H groups in total. The molecule has 2 heteroatoms. The maximum Gasteiger partial charge on any atom is 0.0406 e. The molecule has 0 heterocycles. The van der Waals surface area contributed by atoms with E-state index in [9.17, 15) is 0 Å². The van der Waals surface area contributed by atoms with E-state index in [1.54, 1.807) is 11.8 Å². The van der Waals surface area contributed by atoms with Crippen molar-refractivity contribution in [1.82, 2.24) is 0 Å². The van der Waals surface area contributed by atoms with Crippen LogP contribution in [0.5, 0.6) is 0 Å². The van der Waals surface area contributed by atoms with Crippen molar-refractivity contribution in [2.45, 2.75) is 51.4 Å². The zero-order valence-corrected chi connectivity index (χ0v) is 14.0. The first-order chi connectivity index (χ1) is 9.54. The molecule has 2 rings (SSSR count). The van der Waals surface area contributed by atoms with E-state index in [0.29, 0.717) is 0 Å². The third-order valence-electron chi connectivity index (χ3n) is 4.30. The molecule has 1 aliphatic carbocycles. The summed E-state index contributed by atoms with van der Waals surface area (Å²) in [5.41, 5.74) is 3.08. The molecule has 0 radical (unpaired) electrons. The molecule has 1 aliphatic rings. The highest BCUT2D eigenvalue weighted by Crippen LogP contribution is 2.46. The molecule has 0 aliphatic heterocycles. The van der Waals surface area contributed by atoms with Crippen molar-refractivity contribution < 1.29 is 0 Å². The topological polar surface area (TPSA) is 0 Å². The molecule has 1 aromatic rings. The molecular weight excluding hydrogens is 284 g/mol. The molecule has 20 heavy (non-hydrogen) atoms. The van der Waals surface area contributed by atoms with Crippen LogP contribution >= 0.6 is 23.4 Å². The van der Waals surface area contributed by atoms with Crippen molar-refractivity contribution in [3.05, 3.63) is 57.3 Å². The molecule has 0 amide bonds. The van der Waals surface area contributed by atoms with Gasteiger partial charge in [-0.25, -0.2) is 0 Å². The third-order valence-corrected chi connectivity index (χ3v) is 5.42. The molecule has 0 saturated heterocycles. The van der Waals surface area contributed by atoms with E-state index in [2.05, 4.69) is 38.0 Å². The van der Waals surface area contributed by atoms with Crippen LogP contribution in [0.1, 0.15) is 51.5 Å². The molecule has 1 fully saturated rings. The SMILES string of the molecule is C=C(C)S/C=C(\C)C1(c2ccc(Cl)cc2)CCCCC1. The summed E-state index contributed by atoms with van der Waals surface area (Å²) in [6, 6.07) is 8.45. The van der Waals surface area contributed by atoms with Gasteiger partial charge in [0.05, 0.1) is 0 Å². The zero-order chi connectivity index (χ0) is 14.6. The number of hydrogen-bond donors (Lipinski definition) is 0. The Labute approximate surface area is 132 Å². The summed E-state index contributed by atoms with van der Waals surface area (Å²) in [6.45, 7) is 8.31. The van der Waals surface area contributed by atoms with Crippen molar-refractivity contribution in [2.24, 2.45) is 0 Å². The van der Waals surface area contributed by atoms with E-state index in [1.165, 1.54) is 43.2 Å². The predicted octanol–water partition coefficient (Wildman–Crippen LogP) is 6.71. The van der Waals surface area contributed by atoms with Crippen LogP contribution in [-0.4, -0.2) is 0 Å². The molecule has 0 aromatic heterocycles. The Morgan fingerprint density at radius 2 is 1.75 bits per heavy atom. The van der Waals surface area contributed by atoms with Crippen molar-refractivity contribution in [3.8, 4) is 0 Å². The van der Waals surface area contributed by atoms with Crippen molar-refractivity contribution in [1.29, 1.82) is 0 Å². The predicted molar refractivity (Wildman–Crippen MR) is 92.4 cm³/mol. The van der Waals surface area contributed by atoms with Gasteiger partial charge in [-0.1, -0.05) is 55.1 Å². The van der Waals surface area contributed by atoms with Crippen molar-refractivity contribution >= 4 is 23.4 Å². The van der Waals surface area contributed by atoms with Crippen LogP contribution in [0.25, 0.3) is 0 Å². The second kappa shape index (κ2) is 6.87. The van der Waals surface area contributed by atoms with Gasteiger partial charge in [-0.3, -0.25) is 0 Å². The van der Waals surface area contributed by atoms with Gasteiger partial charge in [0.15, 0.2) is 0 Å². The molecule has 1 saturated carbocycles. The Hall–Kier alpha value is -0.660. The average Bonchev–Trinajstić information content (AvgIpc) is 2.46. The Morgan fingerprint density at radius 1 is 1.15 bits per heavy atom. The van der Waals surface area contributed by atoms with E-state index >= 15 is 0 Å². The van der Waals surface area contributed by atoms with Crippen LogP contribution < -0.4 is 0 Å². The Bertz CT molecular complexity index is 493. The molecular formula is C18H23ClS. The van der Waals surface area contributed by atoms with Gasteiger partial charge < -0.3 is 0 Å². The van der Waals surface area contributed by atoms with Crippen LogP contribution in [0.2, 0.25) is 5.02 Å². The molecule has 0 spiro atoms. The second-order valence-electron chi connectivity index (χ2n) is 5.77. The highest BCUT2D eigenvalue weighted by Gasteiger charge is 2.35. The second-order valence-corrected chi connectivity index (χ2v) is 7.38. The molecule has 0 atom stereocenters. The van der Waals surface area contributed by atoms with E-state index in [4.69, 9.17) is 11.6 Å². The lowest BCUT2D eigenvalue weighted by Crippen LogP contribution is -2.30. The standard InChI is InChI=1S/C18H23ClS/c1-14(2)20-13-15(3)18(11-5-4-6-12-18)16-7-9-17(19)10-8-16/h7-10,13H,1,4-6,11-12H2,2-3H3/b15-13+. The fourth-order valence-electron chi connectivity index (χ4n) is 3.14. The first-order valence-corrected chi connectivity index (χ1v) is 8.56. The Kier molecular flexibility index (Phi) is 5.40. The summed E-state index contributed by atoms with van der Waals surface area (Å²) in [5, 5.41) is 3.11. The summed E-state index contributed by atoms with van der Waals surface area (Å²) in [7, 11) is 0. The average molecular weight is 307 g/mol. The third kappa shape index (κ3) is 3.51. The number of hydrogen-bond acceptors (Lipinski definition) is 1. The smallest absolute Gasteiger partial charge is 0.0406 e. The quantitative estimate of drug-likeness (QED) is 0.595. The largest absolute Gasteiger partial charge is 0.103 e. The molecule has 1 aromatic carbocycles. The first-order valence-electron chi connectivity index (χ1n) is 7.30. The fraction of sp³-hybridized carbons (Fsp3) is 0.444. The van der Waals surface area contributed by atoms with Gasteiger partial charge >= 0.3 is 0 Å². The lowest BCUT2D eigenvalue weighted by atomic mass is 9.66. The number of rotatable bonds is 4. The summed E-state index contributed by atoms with van der Waals surface area (Å²) in [5.74, 6) is 0. The molecule has 0 nitrogen and oxygen atoms in total. The minimum atomic E-state index is 0.200. The van der Waals surface area contributed by atoms with Gasteiger partial charge in [0, 0.05) is 10.4 Å². The zero-order valence-electron chi connectivity index (χ0n) is 12.4. The van der Waals surface area contributed by atoms with Gasteiger partial charge in [0.25, 0.3) is 0 Å². The highest BCUT2D eigenvalue weighted by atomic mass is 35.5. The van der Waals surface area contributed by atoms with Crippen LogP contribution in [0.4, 0.5) is 0 Å². The Morgan fingerprint density at radius 3 is 2.30 bits per heavy atom. The van der Waals surface area contributed by atoms with Crippen LogP contribution in [0.15, 0.2) is 46.7 Å². The molecule has 0 unspecified atom stereocenters. The van der Waals surface area contributed by atoms with Crippen LogP contribution in [-0.2, 0) is 5.41 Å². The van der Waals surface area contributed by atoms with Gasteiger partial charge in [-0.2, -0.15) is 0 Å². The lowest BCUT2D eigenvalue weighted by molar-refractivity contribution is 0.340. The molecule has 108 valence electrons. The number of halogens is 1. The number of thioether (sulfide) groups is 1. The van der Waals surface area contributed by atoms with E-state index in [1.807, 2.05) is 12.1 Å². The van der Waals surface area contributed by atoms with Crippen molar-refractivity contribution in [2.75, 3.05) is 0 Å². The summed E-state index contributed by atoms with van der Waals surface area (Å²) >= 11 is 7.79. The monoisotopic (exact) mass is 306 g/mol. The van der Waals surface area contributed by atoms with Crippen molar-refractivity contribution in [3.63, 3.8) is 0 Å². The summed E-state index contributed by atoms with van der Waals surface area (Å²) in [6.07, 6.45) is 6.47. The first kappa shape index (κ1) is 15.7. The van der Waals surface area contributed by atoms with Gasteiger partial charge in [-0.15, -0.1) is 11.8 Å². The minimum Gasteiger partial charge on any atom is -0.103 e. The van der Waals surface area contributed by atoms with E-state index in [-0.39, 0.29) is 5.41 Å². The maximum atomic E-state index is 6.05. The normalized spacial score (nSPS) is 18.9. The Balaban J connectivity index is 2.37. The van der Waals surface area contributed by atoms with Gasteiger partial charge in [-0.05, 0) is 54.7 Å². The van der Waals surface area contributed by atoms with Gasteiger partial charge in [0.2, 0.25) is 0 Å². The maximum absolute atomic E-state index is 6.05. The van der Waals surface area contributed by atoms with Crippen LogP contribution in [0, 0.1) is 0 Å². The van der Waals surface area contributed by atoms with E-state index < -0.39 is 0 Å². The van der Waals surface area contributed by atoms with E-state index in [0.717, 1.165) is 9.93 Å². The molecule has 0 bridgehead atoms. The number of allylic oxidation sites excluding steroid dienone is 2. The van der Waals surface area contributed by atoms with Gasteiger partial charge in [0.1, 0.15) is 0 Å². The summed E-state index contributed by atoms with van der Waals surface area (Å²) < 4.78 is 0. The highest BCUT2D eigenvalue weighted by molar-refractivity contribution is 8.05.